The third-order valence-corrected chi connectivity index (χ3v) is 2.84. The lowest BCUT2D eigenvalue weighted by Crippen LogP contribution is -2.46. The van der Waals surface area contributed by atoms with Crippen molar-refractivity contribution in [3.63, 3.8) is 0 Å². The monoisotopic (exact) mass is 253 g/mol. The Kier molecular flexibility index (Phi) is 4.93. The summed E-state index contributed by atoms with van der Waals surface area (Å²) in [6.07, 6.45) is 4.91. The maximum absolute atomic E-state index is 12.1. The van der Waals surface area contributed by atoms with Gasteiger partial charge in [0.25, 0.3) is 0 Å². The number of hydrogen-bond acceptors (Lipinski definition) is 3. The first-order valence-electron chi connectivity index (χ1n) is 6.51. The Morgan fingerprint density at radius 2 is 2.17 bits per heavy atom. The molecule has 4 heteroatoms. The van der Waals surface area contributed by atoms with Gasteiger partial charge in [0.2, 0.25) is 5.91 Å². The lowest BCUT2D eigenvalue weighted by Gasteiger charge is -2.30. The zero-order chi connectivity index (χ0) is 13.8. The van der Waals surface area contributed by atoms with E-state index in [-0.39, 0.29) is 11.9 Å². The van der Waals surface area contributed by atoms with Crippen molar-refractivity contribution in [2.75, 3.05) is 0 Å². The van der Waals surface area contributed by atoms with Gasteiger partial charge < -0.3 is 4.74 Å². The van der Waals surface area contributed by atoms with E-state index in [0.29, 0.717) is 12.8 Å². The molecule has 0 aromatic heterocycles. The molecule has 4 nitrogen and oxygen atoms in total. The number of ether oxygens (including phenoxy) is 1. The van der Waals surface area contributed by atoms with Crippen LogP contribution in [0.4, 0.5) is 4.79 Å². The molecule has 1 aliphatic heterocycles. The SMILES string of the molecule is C=CC[C@H]1CCCCC(=O)N1C(=O)OC(C)(C)C. The average molecular weight is 253 g/mol. The second-order valence-electron chi connectivity index (χ2n) is 5.67. The van der Waals surface area contributed by atoms with E-state index < -0.39 is 11.7 Å². The molecule has 1 aliphatic rings. The fourth-order valence-corrected chi connectivity index (χ4v) is 2.09. The highest BCUT2D eigenvalue weighted by molar-refractivity contribution is 5.92. The average Bonchev–Trinajstić information content (AvgIpc) is 2.38. The molecule has 0 aliphatic carbocycles. The molecule has 0 aromatic rings. The van der Waals surface area contributed by atoms with Crippen molar-refractivity contribution in [2.24, 2.45) is 0 Å². The van der Waals surface area contributed by atoms with Crippen LogP contribution in [0.15, 0.2) is 12.7 Å². The number of amides is 2. The molecule has 1 atom stereocenters. The Labute approximate surface area is 109 Å². The molecule has 1 fully saturated rings. The van der Waals surface area contributed by atoms with E-state index in [2.05, 4.69) is 6.58 Å². The summed E-state index contributed by atoms with van der Waals surface area (Å²) in [4.78, 5) is 25.4. The van der Waals surface area contributed by atoms with Crippen molar-refractivity contribution in [1.82, 2.24) is 4.90 Å². The highest BCUT2D eigenvalue weighted by Crippen LogP contribution is 2.23. The highest BCUT2D eigenvalue weighted by atomic mass is 16.6. The van der Waals surface area contributed by atoms with E-state index in [4.69, 9.17) is 4.74 Å². The third-order valence-electron chi connectivity index (χ3n) is 2.84. The first-order chi connectivity index (χ1) is 8.35. The quantitative estimate of drug-likeness (QED) is 0.709. The van der Waals surface area contributed by atoms with Gasteiger partial charge in [0.05, 0.1) is 0 Å². The van der Waals surface area contributed by atoms with E-state index in [1.165, 1.54) is 4.90 Å². The van der Waals surface area contributed by atoms with Gasteiger partial charge in [-0.2, -0.15) is 0 Å². The van der Waals surface area contributed by atoms with Crippen LogP contribution in [0.2, 0.25) is 0 Å². The molecule has 18 heavy (non-hydrogen) atoms. The third kappa shape index (κ3) is 4.17. The van der Waals surface area contributed by atoms with Crippen LogP contribution in [0.1, 0.15) is 52.9 Å². The van der Waals surface area contributed by atoms with Gasteiger partial charge in [0.1, 0.15) is 5.60 Å². The molecule has 1 rings (SSSR count). The molecule has 1 heterocycles. The Morgan fingerprint density at radius 1 is 1.50 bits per heavy atom. The van der Waals surface area contributed by atoms with Crippen LogP contribution in [0, 0.1) is 0 Å². The van der Waals surface area contributed by atoms with Crippen molar-refractivity contribution in [3.8, 4) is 0 Å². The molecule has 2 amide bonds. The number of nitrogens with zero attached hydrogens (tertiary/aromatic N) is 1. The highest BCUT2D eigenvalue weighted by Gasteiger charge is 2.33. The number of carbonyl (C=O) groups is 2. The van der Waals surface area contributed by atoms with Crippen LogP contribution in [0.5, 0.6) is 0 Å². The van der Waals surface area contributed by atoms with Crippen LogP contribution < -0.4 is 0 Å². The first kappa shape index (κ1) is 14.7. The number of rotatable bonds is 2. The molecule has 0 spiro atoms. The van der Waals surface area contributed by atoms with Crippen molar-refractivity contribution in [3.05, 3.63) is 12.7 Å². The van der Waals surface area contributed by atoms with Gasteiger partial charge in [-0.25, -0.2) is 9.69 Å². The summed E-state index contributed by atoms with van der Waals surface area (Å²) in [7, 11) is 0. The molecule has 0 radical (unpaired) electrons. The number of likely N-dealkylation sites (tertiary alicyclic amines) is 1. The Bertz CT molecular complexity index is 330. The molecule has 1 saturated heterocycles. The zero-order valence-electron chi connectivity index (χ0n) is 11.6. The van der Waals surface area contributed by atoms with Crippen molar-refractivity contribution in [2.45, 2.75) is 64.5 Å². The van der Waals surface area contributed by atoms with Crippen LogP contribution in [0.25, 0.3) is 0 Å². The van der Waals surface area contributed by atoms with E-state index in [0.717, 1.165) is 19.3 Å². The lowest BCUT2D eigenvalue weighted by atomic mass is 10.1. The molecule has 102 valence electrons. The minimum Gasteiger partial charge on any atom is -0.443 e. The maximum atomic E-state index is 12.1. The van der Waals surface area contributed by atoms with Crippen LogP contribution in [0.3, 0.4) is 0 Å². The minimum atomic E-state index is -0.581. The van der Waals surface area contributed by atoms with Gasteiger partial charge in [-0.05, 0) is 40.0 Å². The second-order valence-corrected chi connectivity index (χ2v) is 5.67. The molecular weight excluding hydrogens is 230 g/mol. The molecule has 0 unspecified atom stereocenters. The van der Waals surface area contributed by atoms with Crippen molar-refractivity contribution < 1.29 is 14.3 Å². The largest absolute Gasteiger partial charge is 0.443 e. The normalized spacial score (nSPS) is 21.4. The van der Waals surface area contributed by atoms with Gasteiger partial charge >= 0.3 is 6.09 Å². The fraction of sp³-hybridized carbons (Fsp3) is 0.714. The topological polar surface area (TPSA) is 46.6 Å². The predicted octanol–water partition coefficient (Wildman–Crippen LogP) is 3.27. The summed E-state index contributed by atoms with van der Waals surface area (Å²) in [5.41, 5.74) is -0.581. The number of hydrogen-bond donors (Lipinski definition) is 0. The maximum Gasteiger partial charge on any atom is 0.417 e. The minimum absolute atomic E-state index is 0.104. The van der Waals surface area contributed by atoms with E-state index >= 15 is 0 Å². The van der Waals surface area contributed by atoms with Crippen LogP contribution in [-0.4, -0.2) is 28.5 Å². The van der Waals surface area contributed by atoms with Crippen molar-refractivity contribution >= 4 is 12.0 Å². The summed E-state index contributed by atoms with van der Waals surface area (Å²) in [6.45, 7) is 9.09. The van der Waals surface area contributed by atoms with Gasteiger partial charge in [-0.15, -0.1) is 6.58 Å². The van der Waals surface area contributed by atoms with Gasteiger partial charge in [0, 0.05) is 12.5 Å². The van der Waals surface area contributed by atoms with E-state index in [9.17, 15) is 9.59 Å². The van der Waals surface area contributed by atoms with Crippen LogP contribution in [-0.2, 0) is 9.53 Å². The Hall–Kier alpha value is -1.32. The predicted molar refractivity (Wildman–Crippen MR) is 70.2 cm³/mol. The van der Waals surface area contributed by atoms with Gasteiger partial charge in [-0.1, -0.05) is 12.5 Å². The Morgan fingerprint density at radius 3 is 2.72 bits per heavy atom. The smallest absolute Gasteiger partial charge is 0.417 e. The van der Waals surface area contributed by atoms with Gasteiger partial charge in [-0.3, -0.25) is 4.79 Å². The summed E-state index contributed by atoms with van der Waals surface area (Å²) >= 11 is 0. The van der Waals surface area contributed by atoms with E-state index in [1.54, 1.807) is 26.8 Å². The Balaban J connectivity index is 2.85. The second kappa shape index (κ2) is 6.03. The molecule has 0 aromatic carbocycles. The van der Waals surface area contributed by atoms with Crippen molar-refractivity contribution in [1.29, 1.82) is 0 Å². The lowest BCUT2D eigenvalue weighted by molar-refractivity contribution is -0.131. The summed E-state index contributed by atoms with van der Waals surface area (Å²) in [6, 6.07) is -0.104. The fourth-order valence-electron chi connectivity index (χ4n) is 2.09. The standard InChI is InChI=1S/C14H23NO3/c1-5-8-11-9-6-7-10-12(16)15(11)13(17)18-14(2,3)4/h5,11H,1,6-10H2,2-4H3/t11-/m0/s1. The summed E-state index contributed by atoms with van der Waals surface area (Å²) < 4.78 is 5.31. The first-order valence-corrected chi connectivity index (χ1v) is 6.51. The zero-order valence-corrected chi connectivity index (χ0v) is 11.6. The summed E-state index contributed by atoms with van der Waals surface area (Å²) in [5.74, 6) is -0.131. The van der Waals surface area contributed by atoms with Gasteiger partial charge in [0.15, 0.2) is 0 Å². The molecule has 0 saturated carbocycles. The molecular formula is C14H23NO3. The van der Waals surface area contributed by atoms with E-state index in [1.807, 2.05) is 0 Å². The summed E-state index contributed by atoms with van der Waals surface area (Å²) in [5, 5.41) is 0. The number of carbonyl (C=O) groups excluding carboxylic acids is 2. The van der Waals surface area contributed by atoms with Crippen LogP contribution >= 0.6 is 0 Å². The molecule has 0 N–H and O–H groups in total. The molecule has 0 bridgehead atoms. The number of imide groups is 1.